The van der Waals surface area contributed by atoms with Gasteiger partial charge >= 0.3 is 6.03 Å². The topological polar surface area (TPSA) is 67.4 Å². The van der Waals surface area contributed by atoms with Gasteiger partial charge in [-0.05, 0) is 38.5 Å². The number of carbonyl (C=O) groups excluding carboxylic acids is 2. The number of carbonyl (C=O) groups is 2. The van der Waals surface area contributed by atoms with Crippen LogP contribution in [-0.2, 0) is 10.5 Å². The Kier molecular flexibility index (Phi) is 7.08. The number of urea groups is 1. The van der Waals surface area contributed by atoms with Gasteiger partial charge in [0.2, 0.25) is 5.91 Å². The molecular weight excluding hydrogens is 288 g/mol. The lowest BCUT2D eigenvalue weighted by molar-refractivity contribution is -0.119. The first kappa shape index (κ1) is 17.4. The molecule has 1 aromatic rings. The van der Waals surface area contributed by atoms with Crippen molar-refractivity contribution in [3.63, 3.8) is 0 Å². The van der Waals surface area contributed by atoms with Gasteiger partial charge in [-0.25, -0.2) is 4.79 Å². The van der Waals surface area contributed by atoms with Crippen LogP contribution in [0.3, 0.4) is 0 Å². The van der Waals surface area contributed by atoms with Crippen molar-refractivity contribution in [1.29, 1.82) is 0 Å². The Balaban J connectivity index is 2.43. The Bertz CT molecular complexity index is 492. The minimum absolute atomic E-state index is 0.00228. The lowest BCUT2D eigenvalue weighted by atomic mass is 10.2. The molecule has 0 aliphatic rings. The molecule has 3 amide bonds. The van der Waals surface area contributed by atoms with E-state index in [2.05, 4.69) is 10.6 Å². The summed E-state index contributed by atoms with van der Waals surface area (Å²) < 4.78 is 5.16. The average molecular weight is 310 g/mol. The molecule has 116 valence electrons. The molecule has 1 unspecified atom stereocenters. The Morgan fingerprint density at radius 3 is 2.62 bits per heavy atom. The van der Waals surface area contributed by atoms with Crippen LogP contribution in [0, 0.1) is 0 Å². The van der Waals surface area contributed by atoms with Crippen LogP contribution >= 0.6 is 11.8 Å². The summed E-state index contributed by atoms with van der Waals surface area (Å²) in [5, 5.41) is 4.65. The normalized spacial score (nSPS) is 11.9. The molecule has 0 heterocycles. The fourth-order valence-electron chi connectivity index (χ4n) is 1.57. The highest BCUT2D eigenvalue weighted by Gasteiger charge is 2.16. The van der Waals surface area contributed by atoms with E-state index in [1.807, 2.05) is 38.1 Å². The molecule has 0 fully saturated rings. The second kappa shape index (κ2) is 8.56. The third kappa shape index (κ3) is 6.53. The van der Waals surface area contributed by atoms with Gasteiger partial charge in [0.1, 0.15) is 5.75 Å². The molecule has 0 aromatic heterocycles. The molecule has 6 heteroatoms. The number of hydrogen-bond donors (Lipinski definition) is 2. The molecule has 1 rings (SSSR count). The number of imide groups is 1. The van der Waals surface area contributed by atoms with E-state index >= 15 is 0 Å². The second-order valence-corrected chi connectivity index (χ2v) is 6.25. The molecule has 1 aromatic carbocycles. The molecule has 0 saturated carbocycles. The van der Waals surface area contributed by atoms with Crippen molar-refractivity contribution < 1.29 is 14.3 Å². The largest absolute Gasteiger partial charge is 0.497 e. The third-order valence-corrected chi connectivity index (χ3v) is 3.87. The van der Waals surface area contributed by atoms with Crippen LogP contribution in [-0.4, -0.2) is 30.3 Å². The Morgan fingerprint density at radius 2 is 2.00 bits per heavy atom. The van der Waals surface area contributed by atoms with Crippen LogP contribution < -0.4 is 15.4 Å². The lowest BCUT2D eigenvalue weighted by Crippen LogP contribution is -2.45. The monoisotopic (exact) mass is 310 g/mol. The predicted molar refractivity (Wildman–Crippen MR) is 85.6 cm³/mol. The predicted octanol–water partition coefficient (Wildman–Crippen LogP) is 2.55. The Hall–Kier alpha value is -1.69. The quantitative estimate of drug-likeness (QED) is 0.847. The minimum atomic E-state index is -0.455. The van der Waals surface area contributed by atoms with E-state index in [9.17, 15) is 9.59 Å². The van der Waals surface area contributed by atoms with E-state index in [-0.39, 0.29) is 17.2 Å². The summed E-state index contributed by atoms with van der Waals surface area (Å²) in [7, 11) is 1.62. The number of thioether (sulfide) groups is 1. The van der Waals surface area contributed by atoms with Crippen LogP contribution in [0.4, 0.5) is 4.79 Å². The number of benzene rings is 1. The van der Waals surface area contributed by atoms with Crippen molar-refractivity contribution >= 4 is 23.7 Å². The summed E-state index contributed by atoms with van der Waals surface area (Å²) in [6.07, 6.45) is 0. The number of ether oxygens (including phenoxy) is 1. The van der Waals surface area contributed by atoms with Gasteiger partial charge in [-0.1, -0.05) is 12.1 Å². The fraction of sp³-hybridized carbons (Fsp3) is 0.467. The first-order valence-corrected chi connectivity index (χ1v) is 7.83. The molecule has 5 nitrogen and oxygen atoms in total. The standard InChI is InChI=1S/C15H22N2O3S/c1-10(2)16-15(19)17-14(18)11(3)21-9-12-6-5-7-13(8-12)20-4/h5-8,10-11H,9H2,1-4H3,(H2,16,17,18,19). The van der Waals surface area contributed by atoms with Crippen LogP contribution in [0.25, 0.3) is 0 Å². The van der Waals surface area contributed by atoms with Crippen LogP contribution in [0.15, 0.2) is 24.3 Å². The number of nitrogens with one attached hydrogen (secondary N) is 2. The first-order valence-electron chi connectivity index (χ1n) is 6.78. The highest BCUT2D eigenvalue weighted by Crippen LogP contribution is 2.21. The summed E-state index contributed by atoms with van der Waals surface area (Å²) in [5.74, 6) is 1.18. The van der Waals surface area contributed by atoms with E-state index in [1.165, 1.54) is 11.8 Å². The zero-order valence-corrected chi connectivity index (χ0v) is 13.6. The molecule has 0 aliphatic carbocycles. The van der Waals surface area contributed by atoms with Crippen LogP contribution in [0.1, 0.15) is 26.3 Å². The molecular formula is C15H22N2O3S. The fourth-order valence-corrected chi connectivity index (χ4v) is 2.40. The van der Waals surface area contributed by atoms with Crippen molar-refractivity contribution in [3.05, 3.63) is 29.8 Å². The molecule has 0 spiro atoms. The SMILES string of the molecule is COc1cccc(CSC(C)C(=O)NC(=O)NC(C)C)c1. The van der Waals surface area contributed by atoms with Crippen molar-refractivity contribution in [2.24, 2.45) is 0 Å². The van der Waals surface area contributed by atoms with Crippen molar-refractivity contribution in [2.75, 3.05) is 7.11 Å². The van der Waals surface area contributed by atoms with Crippen molar-refractivity contribution in [1.82, 2.24) is 10.6 Å². The van der Waals surface area contributed by atoms with Crippen LogP contribution in [0.5, 0.6) is 5.75 Å². The summed E-state index contributed by atoms with van der Waals surface area (Å²) in [6, 6.07) is 7.24. The molecule has 0 bridgehead atoms. The first-order chi connectivity index (χ1) is 9.92. The van der Waals surface area contributed by atoms with Gasteiger partial charge in [0.25, 0.3) is 0 Å². The van der Waals surface area contributed by atoms with E-state index in [1.54, 1.807) is 14.0 Å². The number of amides is 3. The maximum Gasteiger partial charge on any atom is 0.321 e. The van der Waals surface area contributed by atoms with Gasteiger partial charge in [-0.2, -0.15) is 0 Å². The molecule has 0 radical (unpaired) electrons. The van der Waals surface area contributed by atoms with E-state index in [4.69, 9.17) is 4.74 Å². The summed E-state index contributed by atoms with van der Waals surface area (Å²) in [4.78, 5) is 23.3. The van der Waals surface area contributed by atoms with Gasteiger partial charge in [-0.15, -0.1) is 11.8 Å². The molecule has 1 atom stereocenters. The number of rotatable bonds is 6. The van der Waals surface area contributed by atoms with Crippen LogP contribution in [0.2, 0.25) is 0 Å². The van der Waals surface area contributed by atoms with E-state index < -0.39 is 6.03 Å². The van der Waals surface area contributed by atoms with Crippen molar-refractivity contribution in [3.8, 4) is 5.75 Å². The summed E-state index contributed by atoms with van der Waals surface area (Å²) >= 11 is 1.47. The maximum atomic E-state index is 11.9. The molecule has 2 N–H and O–H groups in total. The van der Waals surface area contributed by atoms with E-state index in [0.29, 0.717) is 5.75 Å². The van der Waals surface area contributed by atoms with Gasteiger partial charge < -0.3 is 10.1 Å². The van der Waals surface area contributed by atoms with Gasteiger partial charge in [0.15, 0.2) is 0 Å². The number of methoxy groups -OCH3 is 1. The second-order valence-electron chi connectivity index (χ2n) is 4.92. The summed E-state index contributed by atoms with van der Waals surface area (Å²) in [5.41, 5.74) is 1.07. The number of hydrogen-bond acceptors (Lipinski definition) is 4. The average Bonchev–Trinajstić information content (AvgIpc) is 2.43. The lowest BCUT2D eigenvalue weighted by Gasteiger charge is -2.13. The summed E-state index contributed by atoms with van der Waals surface area (Å²) in [6.45, 7) is 5.46. The molecule has 21 heavy (non-hydrogen) atoms. The smallest absolute Gasteiger partial charge is 0.321 e. The molecule has 0 aliphatic heterocycles. The van der Waals surface area contributed by atoms with Gasteiger partial charge in [0, 0.05) is 11.8 Å². The van der Waals surface area contributed by atoms with E-state index in [0.717, 1.165) is 11.3 Å². The molecule has 0 saturated heterocycles. The Labute approximate surface area is 129 Å². The minimum Gasteiger partial charge on any atom is -0.497 e. The highest BCUT2D eigenvalue weighted by atomic mass is 32.2. The van der Waals surface area contributed by atoms with Gasteiger partial charge in [0.05, 0.1) is 12.4 Å². The maximum absolute atomic E-state index is 11.9. The zero-order chi connectivity index (χ0) is 15.8. The van der Waals surface area contributed by atoms with Crippen molar-refractivity contribution in [2.45, 2.75) is 37.8 Å². The highest BCUT2D eigenvalue weighted by molar-refractivity contribution is 7.99. The Morgan fingerprint density at radius 1 is 1.29 bits per heavy atom. The van der Waals surface area contributed by atoms with Gasteiger partial charge in [-0.3, -0.25) is 10.1 Å². The zero-order valence-electron chi connectivity index (χ0n) is 12.8. The third-order valence-electron chi connectivity index (χ3n) is 2.66.